The fourth-order valence-electron chi connectivity index (χ4n) is 4.48. The molecule has 154 valence electrons. The number of halogens is 2. The lowest BCUT2D eigenvalue weighted by molar-refractivity contribution is -0.121. The van der Waals surface area contributed by atoms with E-state index in [1.807, 2.05) is 24.3 Å². The number of hydrogen-bond acceptors (Lipinski definition) is 3. The van der Waals surface area contributed by atoms with Gasteiger partial charge in [-0.1, -0.05) is 35.3 Å². The van der Waals surface area contributed by atoms with Gasteiger partial charge in [-0.3, -0.25) is 4.79 Å². The first kappa shape index (κ1) is 20.7. The van der Waals surface area contributed by atoms with E-state index in [2.05, 4.69) is 41.3 Å². The summed E-state index contributed by atoms with van der Waals surface area (Å²) in [6.45, 7) is 3.65. The van der Waals surface area contributed by atoms with Crippen LogP contribution in [0.1, 0.15) is 35.4 Å². The molecule has 0 saturated carbocycles. The average Bonchev–Trinajstić information content (AvgIpc) is 2.69. The fourth-order valence-corrected chi connectivity index (χ4v) is 5.05. The Hall–Kier alpha value is -1.59. The number of carbonyl (C=O) groups excluding carboxylic acids is 1. The molecule has 2 aromatic carbocycles. The number of amides is 1. The summed E-state index contributed by atoms with van der Waals surface area (Å²) < 4.78 is 0. The Morgan fingerprint density at radius 3 is 2.59 bits per heavy atom. The zero-order chi connectivity index (χ0) is 20.5. The average molecular weight is 432 g/mol. The largest absolute Gasteiger partial charge is 0.326 e. The maximum Gasteiger partial charge on any atom is 0.227 e. The summed E-state index contributed by atoms with van der Waals surface area (Å²) in [5.74, 6) is 0.386. The molecule has 1 fully saturated rings. The van der Waals surface area contributed by atoms with Crippen molar-refractivity contribution in [2.45, 2.75) is 25.3 Å². The van der Waals surface area contributed by atoms with E-state index in [-0.39, 0.29) is 17.7 Å². The highest BCUT2D eigenvalue weighted by Gasteiger charge is 2.28. The standard InChI is InChI=1S/C23H27Cl2N3O/c1-27-8-6-15(7-9-27)23(29)26-18-5-3-4-16(10-18)20-13-28(2)14-21-19(20)11-17(24)12-22(21)25/h3-5,10-12,15,20H,6-9,13-14H2,1-2H3,(H,26,29). The number of piperidine rings is 1. The predicted molar refractivity (Wildman–Crippen MR) is 120 cm³/mol. The van der Waals surface area contributed by atoms with Gasteiger partial charge >= 0.3 is 0 Å². The van der Waals surface area contributed by atoms with Gasteiger partial charge in [0.25, 0.3) is 0 Å². The van der Waals surface area contributed by atoms with Gasteiger partial charge in [0.05, 0.1) is 0 Å². The first-order chi connectivity index (χ1) is 13.9. The first-order valence-electron chi connectivity index (χ1n) is 10.2. The second-order valence-electron chi connectivity index (χ2n) is 8.40. The van der Waals surface area contributed by atoms with Crippen LogP contribution in [0.3, 0.4) is 0 Å². The molecule has 2 aromatic rings. The topological polar surface area (TPSA) is 35.6 Å². The van der Waals surface area contributed by atoms with Crippen LogP contribution in [0.25, 0.3) is 0 Å². The summed E-state index contributed by atoms with van der Waals surface area (Å²) in [5.41, 5.74) is 4.33. The molecule has 2 aliphatic heterocycles. The number of likely N-dealkylation sites (tertiary alicyclic amines) is 1. The fraction of sp³-hybridized carbons (Fsp3) is 0.435. The molecule has 2 aliphatic rings. The molecule has 1 saturated heterocycles. The Morgan fingerprint density at radius 1 is 1.07 bits per heavy atom. The van der Waals surface area contributed by atoms with E-state index < -0.39 is 0 Å². The van der Waals surface area contributed by atoms with Gasteiger partial charge < -0.3 is 15.1 Å². The van der Waals surface area contributed by atoms with Crippen LogP contribution < -0.4 is 5.32 Å². The summed E-state index contributed by atoms with van der Waals surface area (Å²) >= 11 is 12.8. The lowest BCUT2D eigenvalue weighted by Gasteiger charge is -2.33. The van der Waals surface area contributed by atoms with E-state index in [4.69, 9.17) is 23.2 Å². The third-order valence-corrected chi connectivity index (χ3v) is 6.69. The number of nitrogens with zero attached hydrogens (tertiary/aromatic N) is 2. The predicted octanol–water partition coefficient (Wildman–Crippen LogP) is 4.85. The molecule has 0 aromatic heterocycles. The van der Waals surface area contributed by atoms with Crippen molar-refractivity contribution in [3.05, 3.63) is 63.1 Å². The molecular formula is C23H27Cl2N3O. The number of likely N-dealkylation sites (N-methyl/N-ethyl adjacent to an activating group) is 1. The Bertz CT molecular complexity index is 909. The van der Waals surface area contributed by atoms with E-state index >= 15 is 0 Å². The third kappa shape index (κ3) is 4.61. The van der Waals surface area contributed by atoms with Crippen molar-refractivity contribution in [2.24, 2.45) is 5.92 Å². The zero-order valence-corrected chi connectivity index (χ0v) is 18.4. The van der Waals surface area contributed by atoms with Gasteiger partial charge in [0.15, 0.2) is 0 Å². The quantitative estimate of drug-likeness (QED) is 0.753. The molecule has 4 nitrogen and oxygen atoms in total. The zero-order valence-electron chi connectivity index (χ0n) is 16.9. The van der Waals surface area contributed by atoms with Gasteiger partial charge in [-0.15, -0.1) is 0 Å². The van der Waals surface area contributed by atoms with Crippen LogP contribution in [0.2, 0.25) is 10.0 Å². The Balaban J connectivity index is 1.57. The number of fused-ring (bicyclic) bond motifs is 1. The Labute approximate surface area is 182 Å². The Kier molecular flexibility index (Phi) is 6.16. The van der Waals surface area contributed by atoms with E-state index in [1.54, 1.807) is 0 Å². The molecule has 1 atom stereocenters. The molecule has 4 rings (SSSR count). The number of benzene rings is 2. The molecule has 0 aliphatic carbocycles. The molecule has 1 N–H and O–H groups in total. The first-order valence-corrected chi connectivity index (χ1v) is 10.9. The van der Waals surface area contributed by atoms with Crippen LogP contribution >= 0.6 is 23.2 Å². The summed E-state index contributed by atoms with van der Waals surface area (Å²) in [7, 11) is 4.21. The van der Waals surface area contributed by atoms with Crippen molar-refractivity contribution < 1.29 is 4.79 Å². The summed E-state index contributed by atoms with van der Waals surface area (Å²) in [5, 5.41) is 4.52. The lowest BCUT2D eigenvalue weighted by atomic mass is 9.84. The number of hydrogen-bond donors (Lipinski definition) is 1. The van der Waals surface area contributed by atoms with Crippen LogP contribution in [0.4, 0.5) is 5.69 Å². The van der Waals surface area contributed by atoms with Crippen molar-refractivity contribution in [3.8, 4) is 0 Å². The molecular weight excluding hydrogens is 405 g/mol. The van der Waals surface area contributed by atoms with Crippen molar-refractivity contribution in [1.29, 1.82) is 0 Å². The highest BCUT2D eigenvalue weighted by molar-refractivity contribution is 6.35. The summed E-state index contributed by atoms with van der Waals surface area (Å²) in [4.78, 5) is 17.3. The van der Waals surface area contributed by atoms with Crippen LogP contribution in [0.15, 0.2) is 36.4 Å². The summed E-state index contributed by atoms with van der Waals surface area (Å²) in [6.07, 6.45) is 1.83. The molecule has 0 spiro atoms. The maximum absolute atomic E-state index is 12.7. The molecule has 1 amide bonds. The summed E-state index contributed by atoms with van der Waals surface area (Å²) in [6, 6.07) is 12.0. The number of nitrogens with one attached hydrogen (secondary N) is 1. The van der Waals surface area contributed by atoms with E-state index in [0.717, 1.165) is 60.9 Å². The van der Waals surface area contributed by atoms with Gasteiger partial charge in [0, 0.05) is 40.7 Å². The minimum absolute atomic E-state index is 0.0917. The van der Waals surface area contributed by atoms with Gasteiger partial charge in [-0.25, -0.2) is 0 Å². The van der Waals surface area contributed by atoms with Crippen LogP contribution in [-0.4, -0.2) is 49.4 Å². The molecule has 0 bridgehead atoms. The van der Waals surface area contributed by atoms with Gasteiger partial charge in [0.1, 0.15) is 0 Å². The van der Waals surface area contributed by atoms with Crippen molar-refractivity contribution in [2.75, 3.05) is 39.0 Å². The van der Waals surface area contributed by atoms with Gasteiger partial charge in [-0.2, -0.15) is 0 Å². The maximum atomic E-state index is 12.7. The molecule has 2 heterocycles. The van der Waals surface area contributed by atoms with E-state index in [0.29, 0.717) is 5.02 Å². The van der Waals surface area contributed by atoms with Gasteiger partial charge in [0.2, 0.25) is 5.91 Å². The third-order valence-electron chi connectivity index (χ3n) is 6.14. The number of rotatable bonds is 3. The van der Waals surface area contributed by atoms with E-state index in [9.17, 15) is 4.79 Å². The van der Waals surface area contributed by atoms with Crippen molar-refractivity contribution in [3.63, 3.8) is 0 Å². The minimum Gasteiger partial charge on any atom is -0.326 e. The van der Waals surface area contributed by atoms with Crippen LogP contribution in [0, 0.1) is 5.92 Å². The normalized spacial score (nSPS) is 21.0. The molecule has 6 heteroatoms. The van der Waals surface area contributed by atoms with Crippen LogP contribution in [0.5, 0.6) is 0 Å². The monoisotopic (exact) mass is 431 g/mol. The molecule has 1 unspecified atom stereocenters. The SMILES string of the molecule is CN1CCC(C(=O)Nc2cccc(C3CN(C)Cc4c(Cl)cc(Cl)cc43)c2)CC1. The van der Waals surface area contributed by atoms with E-state index in [1.165, 1.54) is 5.56 Å². The van der Waals surface area contributed by atoms with Gasteiger partial charge in [-0.05, 0) is 81.0 Å². The van der Waals surface area contributed by atoms with Crippen LogP contribution in [-0.2, 0) is 11.3 Å². The second-order valence-corrected chi connectivity index (χ2v) is 9.24. The van der Waals surface area contributed by atoms with Crippen molar-refractivity contribution in [1.82, 2.24) is 9.80 Å². The van der Waals surface area contributed by atoms with Crippen molar-refractivity contribution >= 4 is 34.8 Å². The minimum atomic E-state index is 0.0917. The smallest absolute Gasteiger partial charge is 0.227 e. The number of carbonyl (C=O) groups is 1. The highest BCUT2D eigenvalue weighted by atomic mass is 35.5. The highest BCUT2D eigenvalue weighted by Crippen LogP contribution is 2.39. The Morgan fingerprint density at radius 2 is 1.83 bits per heavy atom. The molecule has 0 radical (unpaired) electrons. The lowest BCUT2D eigenvalue weighted by Crippen LogP contribution is -2.36. The second kappa shape index (κ2) is 8.65. The number of anilines is 1. The molecule has 29 heavy (non-hydrogen) atoms.